The molecule has 24 heavy (non-hydrogen) atoms. The van der Waals surface area contributed by atoms with Crippen LogP contribution in [0.25, 0.3) is 0 Å². The van der Waals surface area contributed by atoms with E-state index in [-0.39, 0.29) is 11.8 Å². The summed E-state index contributed by atoms with van der Waals surface area (Å²) in [5.41, 5.74) is 0.659. The molecule has 0 N–H and O–H groups in total. The second-order valence-electron chi connectivity index (χ2n) is 6.28. The predicted octanol–water partition coefficient (Wildman–Crippen LogP) is 1.32. The van der Waals surface area contributed by atoms with Crippen LogP contribution in [-0.2, 0) is 4.79 Å². The Hall–Kier alpha value is -2.08. The zero-order valence-electron chi connectivity index (χ0n) is 14.8. The van der Waals surface area contributed by atoms with Crippen LogP contribution in [0.5, 0.6) is 5.75 Å². The van der Waals surface area contributed by atoms with E-state index in [1.165, 1.54) is 0 Å². The van der Waals surface area contributed by atoms with Gasteiger partial charge in [-0.3, -0.25) is 9.59 Å². The highest BCUT2D eigenvalue weighted by Crippen LogP contribution is 2.15. The van der Waals surface area contributed by atoms with Gasteiger partial charge in [0.15, 0.2) is 0 Å². The Bertz CT molecular complexity index is 549. The summed E-state index contributed by atoms with van der Waals surface area (Å²) in [6, 6.07) is 7.27. The minimum absolute atomic E-state index is 0.0109. The lowest BCUT2D eigenvalue weighted by Gasteiger charge is -2.35. The van der Waals surface area contributed by atoms with E-state index in [0.29, 0.717) is 44.9 Å². The van der Waals surface area contributed by atoms with Crippen LogP contribution in [0.2, 0.25) is 0 Å². The Labute approximate surface area is 144 Å². The third kappa shape index (κ3) is 4.96. The molecule has 0 aromatic heterocycles. The highest BCUT2D eigenvalue weighted by molar-refractivity contribution is 5.94. The molecule has 1 aliphatic heterocycles. The highest BCUT2D eigenvalue weighted by atomic mass is 16.5. The van der Waals surface area contributed by atoms with Crippen molar-refractivity contribution in [3.8, 4) is 5.75 Å². The first kappa shape index (κ1) is 18.3. The van der Waals surface area contributed by atoms with Crippen molar-refractivity contribution in [1.29, 1.82) is 0 Å². The van der Waals surface area contributed by atoms with Gasteiger partial charge in [-0.25, -0.2) is 0 Å². The Morgan fingerprint density at radius 1 is 1.04 bits per heavy atom. The Morgan fingerprint density at radius 2 is 1.62 bits per heavy atom. The zero-order chi connectivity index (χ0) is 17.5. The normalized spacial score (nSPS) is 14.8. The fraction of sp³-hybridized carbons (Fsp3) is 0.556. The van der Waals surface area contributed by atoms with Gasteiger partial charge < -0.3 is 19.4 Å². The number of hydrogen-bond donors (Lipinski definition) is 0. The summed E-state index contributed by atoms with van der Waals surface area (Å²) in [6.07, 6.45) is 0.956. The number of hydrogen-bond acceptors (Lipinski definition) is 4. The van der Waals surface area contributed by atoms with Crippen LogP contribution in [0.15, 0.2) is 24.3 Å². The molecule has 0 atom stereocenters. The molecule has 2 rings (SSSR count). The first-order chi connectivity index (χ1) is 11.5. The molecule has 1 heterocycles. The summed E-state index contributed by atoms with van der Waals surface area (Å²) in [5, 5.41) is 0. The molecule has 1 fully saturated rings. The monoisotopic (exact) mass is 333 g/mol. The van der Waals surface area contributed by atoms with Crippen LogP contribution in [0.3, 0.4) is 0 Å². The molecule has 0 bridgehead atoms. The second kappa shape index (κ2) is 8.68. The van der Waals surface area contributed by atoms with Crippen LogP contribution in [0.4, 0.5) is 0 Å². The molecule has 2 amide bonds. The molecule has 0 saturated carbocycles. The molecule has 0 spiro atoms. The first-order valence-electron chi connectivity index (χ1n) is 8.46. The molecule has 0 radical (unpaired) electrons. The van der Waals surface area contributed by atoms with Crippen molar-refractivity contribution in [2.45, 2.75) is 13.3 Å². The third-order valence-electron chi connectivity index (χ3n) is 3.95. The fourth-order valence-corrected chi connectivity index (χ4v) is 2.63. The maximum absolute atomic E-state index is 12.6. The third-order valence-corrected chi connectivity index (χ3v) is 3.95. The summed E-state index contributed by atoms with van der Waals surface area (Å²) in [5.74, 6) is 0.911. The second-order valence-corrected chi connectivity index (χ2v) is 6.28. The van der Waals surface area contributed by atoms with E-state index < -0.39 is 0 Å². The van der Waals surface area contributed by atoms with Gasteiger partial charge in [0.05, 0.1) is 13.2 Å². The van der Waals surface area contributed by atoms with E-state index in [9.17, 15) is 9.59 Å². The van der Waals surface area contributed by atoms with Gasteiger partial charge in [0.2, 0.25) is 5.91 Å². The van der Waals surface area contributed by atoms with E-state index in [1.54, 1.807) is 17.0 Å². The van der Waals surface area contributed by atoms with Crippen molar-refractivity contribution in [2.24, 2.45) is 0 Å². The summed E-state index contributed by atoms with van der Waals surface area (Å²) < 4.78 is 5.53. The number of nitrogens with zero attached hydrogens (tertiary/aromatic N) is 3. The molecule has 0 aliphatic carbocycles. The molecule has 1 aliphatic rings. The molecule has 0 unspecified atom stereocenters. The molecule has 132 valence electrons. The van der Waals surface area contributed by atoms with Crippen molar-refractivity contribution < 1.29 is 14.3 Å². The van der Waals surface area contributed by atoms with E-state index in [2.05, 4.69) is 6.92 Å². The summed E-state index contributed by atoms with van der Waals surface area (Å²) >= 11 is 0. The zero-order valence-corrected chi connectivity index (χ0v) is 14.8. The maximum atomic E-state index is 12.6. The number of benzene rings is 1. The average molecular weight is 333 g/mol. The molecule has 1 aromatic carbocycles. The van der Waals surface area contributed by atoms with Crippen LogP contribution < -0.4 is 4.74 Å². The van der Waals surface area contributed by atoms with E-state index in [1.807, 2.05) is 36.0 Å². The van der Waals surface area contributed by atoms with Gasteiger partial charge in [0.1, 0.15) is 5.75 Å². The number of amides is 2. The minimum Gasteiger partial charge on any atom is -0.494 e. The topological polar surface area (TPSA) is 53.1 Å². The van der Waals surface area contributed by atoms with Crippen LogP contribution in [0, 0.1) is 0 Å². The SMILES string of the molecule is CCCOc1ccc(C(=O)N2CCN(C(=O)CN(C)C)CC2)cc1. The van der Waals surface area contributed by atoms with Crippen molar-refractivity contribution in [2.75, 3.05) is 53.4 Å². The van der Waals surface area contributed by atoms with Gasteiger partial charge in [-0.15, -0.1) is 0 Å². The lowest BCUT2D eigenvalue weighted by Crippen LogP contribution is -2.52. The van der Waals surface area contributed by atoms with Crippen molar-refractivity contribution in [1.82, 2.24) is 14.7 Å². The molecule has 6 nitrogen and oxygen atoms in total. The number of rotatable bonds is 6. The molecule has 1 saturated heterocycles. The molecular weight excluding hydrogens is 306 g/mol. The van der Waals surface area contributed by atoms with Gasteiger partial charge in [0.25, 0.3) is 5.91 Å². The molecular formula is C18H27N3O3. The van der Waals surface area contributed by atoms with E-state index >= 15 is 0 Å². The summed E-state index contributed by atoms with van der Waals surface area (Å²) in [7, 11) is 3.76. The van der Waals surface area contributed by atoms with Crippen molar-refractivity contribution in [3.63, 3.8) is 0 Å². The highest BCUT2D eigenvalue weighted by Gasteiger charge is 2.24. The van der Waals surface area contributed by atoms with Crippen LogP contribution >= 0.6 is 0 Å². The lowest BCUT2D eigenvalue weighted by molar-refractivity contribution is -0.133. The predicted molar refractivity (Wildman–Crippen MR) is 93.3 cm³/mol. The molecule has 6 heteroatoms. The Kier molecular flexibility index (Phi) is 6.61. The number of carbonyl (C=O) groups is 2. The van der Waals surface area contributed by atoms with Gasteiger partial charge >= 0.3 is 0 Å². The Morgan fingerprint density at radius 3 is 2.17 bits per heavy atom. The largest absolute Gasteiger partial charge is 0.494 e. The van der Waals surface area contributed by atoms with E-state index in [0.717, 1.165) is 12.2 Å². The number of piperazine rings is 1. The first-order valence-corrected chi connectivity index (χ1v) is 8.46. The minimum atomic E-state index is 0.0109. The van der Waals surface area contributed by atoms with Gasteiger partial charge in [-0.05, 0) is 44.8 Å². The number of carbonyl (C=O) groups excluding carboxylic acids is 2. The van der Waals surface area contributed by atoms with E-state index in [4.69, 9.17) is 4.74 Å². The molecule has 1 aromatic rings. The van der Waals surface area contributed by atoms with Crippen LogP contribution in [-0.4, -0.2) is 79.9 Å². The van der Waals surface area contributed by atoms with Gasteiger partial charge in [-0.2, -0.15) is 0 Å². The quantitative estimate of drug-likeness (QED) is 0.788. The van der Waals surface area contributed by atoms with Gasteiger partial charge in [-0.1, -0.05) is 6.92 Å². The summed E-state index contributed by atoms with van der Waals surface area (Å²) in [4.78, 5) is 30.1. The lowest BCUT2D eigenvalue weighted by atomic mass is 10.1. The number of likely N-dealkylation sites (N-methyl/N-ethyl adjacent to an activating group) is 1. The summed E-state index contributed by atoms with van der Waals surface area (Å²) in [6.45, 7) is 5.48. The average Bonchev–Trinajstić information content (AvgIpc) is 2.59. The smallest absolute Gasteiger partial charge is 0.253 e. The van der Waals surface area contributed by atoms with Crippen LogP contribution in [0.1, 0.15) is 23.7 Å². The fourth-order valence-electron chi connectivity index (χ4n) is 2.63. The maximum Gasteiger partial charge on any atom is 0.253 e. The Balaban J connectivity index is 1.87. The van der Waals surface area contributed by atoms with Gasteiger partial charge in [0, 0.05) is 31.7 Å². The standard InChI is InChI=1S/C18H27N3O3/c1-4-13-24-16-7-5-15(6-8-16)18(23)21-11-9-20(10-12-21)17(22)14-19(2)3/h5-8H,4,9-14H2,1-3H3. The van der Waals surface area contributed by atoms with Crippen molar-refractivity contribution in [3.05, 3.63) is 29.8 Å². The van der Waals surface area contributed by atoms with Crippen molar-refractivity contribution >= 4 is 11.8 Å². The number of ether oxygens (including phenoxy) is 1.